The SMILES string of the molecule is COc1cccc(C(=O)c2csc(CN)n2)c1. The van der Waals surface area contributed by atoms with Crippen molar-refractivity contribution in [3.8, 4) is 5.75 Å². The van der Waals surface area contributed by atoms with Crippen LogP contribution in [-0.2, 0) is 6.54 Å². The van der Waals surface area contributed by atoms with Crippen LogP contribution in [0.2, 0.25) is 0 Å². The monoisotopic (exact) mass is 248 g/mol. The number of rotatable bonds is 4. The number of aromatic nitrogens is 1. The van der Waals surface area contributed by atoms with E-state index in [1.54, 1.807) is 36.8 Å². The molecule has 4 nitrogen and oxygen atoms in total. The molecule has 5 heteroatoms. The highest BCUT2D eigenvalue weighted by molar-refractivity contribution is 7.09. The predicted octanol–water partition coefficient (Wildman–Crippen LogP) is 1.84. The molecule has 0 fully saturated rings. The van der Waals surface area contributed by atoms with Crippen molar-refractivity contribution in [2.75, 3.05) is 7.11 Å². The molecule has 0 spiro atoms. The van der Waals surface area contributed by atoms with Crippen molar-refractivity contribution in [1.29, 1.82) is 0 Å². The molecule has 0 aliphatic rings. The van der Waals surface area contributed by atoms with Gasteiger partial charge in [0, 0.05) is 17.5 Å². The lowest BCUT2D eigenvalue weighted by Gasteiger charge is -2.01. The Bertz CT molecular complexity index is 537. The number of carbonyl (C=O) groups excluding carboxylic acids is 1. The molecule has 2 aromatic rings. The van der Waals surface area contributed by atoms with Gasteiger partial charge in [-0.15, -0.1) is 11.3 Å². The normalized spacial score (nSPS) is 10.2. The molecule has 1 aromatic heterocycles. The van der Waals surface area contributed by atoms with Gasteiger partial charge in [-0.2, -0.15) is 0 Å². The van der Waals surface area contributed by atoms with Crippen molar-refractivity contribution in [2.45, 2.75) is 6.54 Å². The van der Waals surface area contributed by atoms with Gasteiger partial charge in [-0.25, -0.2) is 4.98 Å². The number of hydrogen-bond donors (Lipinski definition) is 1. The third kappa shape index (κ3) is 2.51. The van der Waals surface area contributed by atoms with Gasteiger partial charge in [0.25, 0.3) is 0 Å². The number of nitrogens with two attached hydrogens (primary N) is 1. The smallest absolute Gasteiger partial charge is 0.212 e. The maximum atomic E-state index is 12.1. The molecule has 0 radical (unpaired) electrons. The van der Waals surface area contributed by atoms with Crippen LogP contribution in [0.15, 0.2) is 29.6 Å². The highest BCUT2D eigenvalue weighted by Gasteiger charge is 2.13. The Labute approximate surface area is 103 Å². The Morgan fingerprint density at radius 2 is 2.35 bits per heavy atom. The fraction of sp³-hybridized carbons (Fsp3) is 0.167. The number of ether oxygens (including phenoxy) is 1. The van der Waals surface area contributed by atoms with Gasteiger partial charge in [0.2, 0.25) is 5.78 Å². The van der Waals surface area contributed by atoms with Crippen LogP contribution in [0.5, 0.6) is 5.75 Å². The summed E-state index contributed by atoms with van der Waals surface area (Å²) in [6, 6.07) is 7.02. The molecule has 2 N–H and O–H groups in total. The molecule has 88 valence electrons. The summed E-state index contributed by atoms with van der Waals surface area (Å²) < 4.78 is 5.08. The van der Waals surface area contributed by atoms with Gasteiger partial charge >= 0.3 is 0 Å². The summed E-state index contributed by atoms with van der Waals surface area (Å²) >= 11 is 1.39. The molecular formula is C12H12N2O2S. The molecule has 2 rings (SSSR count). The van der Waals surface area contributed by atoms with E-state index in [0.717, 1.165) is 5.01 Å². The van der Waals surface area contributed by atoms with Gasteiger partial charge in [0.15, 0.2) is 0 Å². The van der Waals surface area contributed by atoms with Gasteiger partial charge in [0.05, 0.1) is 7.11 Å². The van der Waals surface area contributed by atoms with Gasteiger partial charge in [-0.05, 0) is 12.1 Å². The molecule has 0 saturated heterocycles. The van der Waals surface area contributed by atoms with E-state index in [4.69, 9.17) is 10.5 Å². The molecule has 0 saturated carbocycles. The van der Waals surface area contributed by atoms with Gasteiger partial charge in [-0.1, -0.05) is 12.1 Å². The molecule has 0 amide bonds. The lowest BCUT2D eigenvalue weighted by atomic mass is 10.1. The summed E-state index contributed by atoms with van der Waals surface area (Å²) in [7, 11) is 1.57. The Morgan fingerprint density at radius 3 is 3.00 bits per heavy atom. The standard InChI is InChI=1S/C12H12N2O2S/c1-16-9-4-2-3-8(5-9)12(15)10-7-17-11(6-13)14-10/h2-5,7H,6,13H2,1H3. The van der Waals surface area contributed by atoms with E-state index in [1.165, 1.54) is 11.3 Å². The van der Waals surface area contributed by atoms with Crippen LogP contribution in [0.1, 0.15) is 21.1 Å². The van der Waals surface area contributed by atoms with Crippen molar-refractivity contribution in [1.82, 2.24) is 4.98 Å². The Morgan fingerprint density at radius 1 is 1.53 bits per heavy atom. The van der Waals surface area contributed by atoms with E-state index in [0.29, 0.717) is 23.6 Å². The summed E-state index contributed by atoms with van der Waals surface area (Å²) in [5.41, 5.74) is 6.47. The topological polar surface area (TPSA) is 65.2 Å². The zero-order valence-corrected chi connectivity index (χ0v) is 10.2. The van der Waals surface area contributed by atoms with E-state index < -0.39 is 0 Å². The molecule has 1 aromatic carbocycles. The van der Waals surface area contributed by atoms with E-state index in [2.05, 4.69) is 4.98 Å². The van der Waals surface area contributed by atoms with Crippen molar-refractivity contribution >= 4 is 17.1 Å². The van der Waals surface area contributed by atoms with E-state index >= 15 is 0 Å². The number of benzene rings is 1. The van der Waals surface area contributed by atoms with Crippen molar-refractivity contribution in [3.05, 3.63) is 45.9 Å². The van der Waals surface area contributed by atoms with Crippen molar-refractivity contribution in [2.24, 2.45) is 5.73 Å². The maximum Gasteiger partial charge on any atom is 0.212 e. The fourth-order valence-corrected chi connectivity index (χ4v) is 2.08. The van der Waals surface area contributed by atoms with Crippen LogP contribution >= 0.6 is 11.3 Å². The minimum absolute atomic E-state index is 0.111. The summed E-state index contributed by atoms with van der Waals surface area (Å²) in [5.74, 6) is 0.546. The molecule has 0 aliphatic carbocycles. The Balaban J connectivity index is 2.29. The first-order chi connectivity index (χ1) is 8.24. The van der Waals surface area contributed by atoms with Crippen LogP contribution in [0, 0.1) is 0 Å². The second-order valence-corrected chi connectivity index (χ2v) is 4.33. The molecule has 1 heterocycles. The number of thiazole rings is 1. The zero-order chi connectivity index (χ0) is 12.3. The zero-order valence-electron chi connectivity index (χ0n) is 9.34. The number of carbonyl (C=O) groups is 1. The van der Waals surface area contributed by atoms with E-state index in [1.807, 2.05) is 0 Å². The van der Waals surface area contributed by atoms with Crippen molar-refractivity contribution in [3.63, 3.8) is 0 Å². The van der Waals surface area contributed by atoms with Gasteiger partial charge in [0.1, 0.15) is 16.5 Å². The molecule has 0 unspecified atom stereocenters. The average Bonchev–Trinajstić information content (AvgIpc) is 2.86. The lowest BCUT2D eigenvalue weighted by molar-refractivity contribution is 0.103. The summed E-state index contributed by atoms with van der Waals surface area (Å²) in [4.78, 5) is 16.3. The third-order valence-corrected chi connectivity index (χ3v) is 3.16. The van der Waals surface area contributed by atoms with Crippen LogP contribution < -0.4 is 10.5 Å². The first kappa shape index (κ1) is 11.8. The highest BCUT2D eigenvalue weighted by atomic mass is 32.1. The molecular weight excluding hydrogens is 236 g/mol. The van der Waals surface area contributed by atoms with Gasteiger partial charge < -0.3 is 10.5 Å². The lowest BCUT2D eigenvalue weighted by Crippen LogP contribution is -2.03. The Kier molecular flexibility index (Phi) is 3.51. The first-order valence-electron chi connectivity index (χ1n) is 5.08. The van der Waals surface area contributed by atoms with Crippen molar-refractivity contribution < 1.29 is 9.53 Å². The first-order valence-corrected chi connectivity index (χ1v) is 5.96. The number of methoxy groups -OCH3 is 1. The van der Waals surface area contributed by atoms with Crippen LogP contribution in [-0.4, -0.2) is 17.9 Å². The largest absolute Gasteiger partial charge is 0.497 e. The molecule has 0 aliphatic heterocycles. The molecule has 0 atom stereocenters. The Hall–Kier alpha value is -1.72. The van der Waals surface area contributed by atoms with Gasteiger partial charge in [-0.3, -0.25) is 4.79 Å². The number of nitrogens with zero attached hydrogens (tertiary/aromatic N) is 1. The second-order valence-electron chi connectivity index (χ2n) is 3.39. The minimum Gasteiger partial charge on any atom is -0.497 e. The third-order valence-electron chi connectivity index (χ3n) is 2.29. The summed E-state index contributed by atoms with van der Waals surface area (Å²) in [5, 5.41) is 2.49. The number of hydrogen-bond acceptors (Lipinski definition) is 5. The fourth-order valence-electron chi connectivity index (χ4n) is 1.42. The minimum atomic E-state index is -0.111. The highest BCUT2D eigenvalue weighted by Crippen LogP contribution is 2.17. The summed E-state index contributed by atoms with van der Waals surface area (Å²) in [6.45, 7) is 0.357. The van der Waals surface area contributed by atoms with Crippen LogP contribution in [0.3, 0.4) is 0 Å². The molecule has 17 heavy (non-hydrogen) atoms. The quantitative estimate of drug-likeness (QED) is 0.838. The summed E-state index contributed by atoms with van der Waals surface area (Å²) in [6.07, 6.45) is 0. The van der Waals surface area contributed by atoms with Crippen LogP contribution in [0.25, 0.3) is 0 Å². The number of ketones is 1. The van der Waals surface area contributed by atoms with Crippen LogP contribution in [0.4, 0.5) is 0 Å². The average molecular weight is 248 g/mol. The second kappa shape index (κ2) is 5.07. The van der Waals surface area contributed by atoms with E-state index in [9.17, 15) is 4.79 Å². The maximum absolute atomic E-state index is 12.1. The molecule has 0 bridgehead atoms. The van der Waals surface area contributed by atoms with E-state index in [-0.39, 0.29) is 5.78 Å². The predicted molar refractivity (Wildman–Crippen MR) is 66.4 cm³/mol.